The number of rotatable bonds is 11. The molecule has 36 heavy (non-hydrogen) atoms. The molecule has 0 saturated carbocycles. The van der Waals surface area contributed by atoms with Crippen LogP contribution in [0.25, 0.3) is 6.08 Å². The Bertz CT molecular complexity index is 911. The quantitative estimate of drug-likeness (QED) is 0.356. The second-order valence-corrected chi connectivity index (χ2v) is 9.72. The molecule has 1 unspecified atom stereocenters. The van der Waals surface area contributed by atoms with Gasteiger partial charge in [0.05, 0.1) is 11.8 Å². The molecule has 9 heteroatoms. The van der Waals surface area contributed by atoms with Gasteiger partial charge in [0.25, 0.3) is 0 Å². The topological polar surface area (TPSA) is 114 Å². The van der Waals surface area contributed by atoms with E-state index in [1.54, 1.807) is 0 Å². The number of allylic oxidation sites excluding steroid dienone is 1. The van der Waals surface area contributed by atoms with E-state index in [2.05, 4.69) is 10.9 Å². The van der Waals surface area contributed by atoms with Gasteiger partial charge in [-0.05, 0) is 43.6 Å². The Morgan fingerprint density at radius 3 is 2.42 bits per heavy atom. The highest BCUT2D eigenvalue weighted by Crippen LogP contribution is 2.26. The average molecular weight is 500 g/mol. The van der Waals surface area contributed by atoms with Gasteiger partial charge >= 0.3 is 0 Å². The summed E-state index contributed by atoms with van der Waals surface area (Å²) >= 11 is 0. The Labute approximate surface area is 212 Å². The summed E-state index contributed by atoms with van der Waals surface area (Å²) in [6.45, 7) is 4.48. The van der Waals surface area contributed by atoms with Gasteiger partial charge < -0.3 is 4.74 Å². The Balaban J connectivity index is 1.78. The Morgan fingerprint density at radius 1 is 1.06 bits per heavy atom. The Hall–Kier alpha value is -3.04. The van der Waals surface area contributed by atoms with E-state index < -0.39 is 41.8 Å². The van der Waals surface area contributed by atoms with Crippen LogP contribution in [0.4, 0.5) is 0 Å². The van der Waals surface area contributed by atoms with Gasteiger partial charge in [0.1, 0.15) is 0 Å². The fourth-order valence-corrected chi connectivity index (χ4v) is 4.41. The summed E-state index contributed by atoms with van der Waals surface area (Å²) in [5.74, 6) is -3.34. The second kappa shape index (κ2) is 13.9. The molecule has 2 fully saturated rings. The van der Waals surface area contributed by atoms with Crippen molar-refractivity contribution in [1.29, 1.82) is 0 Å². The Kier molecular flexibility index (Phi) is 10.6. The molecule has 2 aliphatic rings. The lowest BCUT2D eigenvalue weighted by molar-refractivity contribution is -0.203. The average Bonchev–Trinajstić information content (AvgIpc) is 2.87. The minimum Gasteiger partial charge on any atom is -0.350 e. The molecule has 1 aromatic carbocycles. The summed E-state index contributed by atoms with van der Waals surface area (Å²) < 4.78 is 5.53. The number of piperidine rings is 1. The third-order valence-corrected chi connectivity index (χ3v) is 6.32. The number of nitrogens with zero attached hydrogens (tertiary/aromatic N) is 1. The van der Waals surface area contributed by atoms with Crippen LogP contribution < -0.4 is 10.9 Å². The van der Waals surface area contributed by atoms with E-state index in [0.717, 1.165) is 23.4 Å². The SMILES string of the molecule is CC(C)C[C@@H](C(=O)NN1C(=O)CCCC1=O)[C@H](C/C=C/c1ccccc1)C(=O)NOC1CCCCO1. The van der Waals surface area contributed by atoms with Gasteiger partial charge in [-0.1, -0.05) is 56.3 Å². The van der Waals surface area contributed by atoms with Crippen LogP contribution in [-0.2, 0) is 28.8 Å². The summed E-state index contributed by atoms with van der Waals surface area (Å²) in [5, 5.41) is 0.806. The van der Waals surface area contributed by atoms with E-state index in [1.165, 1.54) is 0 Å². The van der Waals surface area contributed by atoms with Crippen molar-refractivity contribution in [2.24, 2.45) is 17.8 Å². The van der Waals surface area contributed by atoms with Crippen LogP contribution in [0.5, 0.6) is 0 Å². The third-order valence-electron chi connectivity index (χ3n) is 6.32. The molecule has 0 radical (unpaired) electrons. The predicted octanol–water partition coefficient (Wildman–Crippen LogP) is 3.51. The molecule has 9 nitrogen and oxygen atoms in total. The number of hydrazine groups is 1. The molecule has 2 aliphatic heterocycles. The van der Waals surface area contributed by atoms with E-state index in [4.69, 9.17) is 9.57 Å². The fourth-order valence-electron chi connectivity index (χ4n) is 4.41. The maximum absolute atomic E-state index is 13.4. The highest BCUT2D eigenvalue weighted by Gasteiger charge is 2.37. The number of nitrogens with one attached hydrogen (secondary N) is 2. The molecule has 4 amide bonds. The molecule has 2 N–H and O–H groups in total. The standard InChI is InChI=1S/C27H37N3O6/c1-19(2)18-22(26(33)28-30-23(31)14-9-15-24(30)32)21(13-8-12-20-10-4-3-5-11-20)27(34)29-36-25-16-6-7-17-35-25/h3-5,8,10-12,19,21-22,25H,6-7,9,13-18H2,1-2H3,(H,28,33)(H,29,34)/b12-8+/t21-,22+,25?/m0/s1. The van der Waals surface area contributed by atoms with Crippen molar-refractivity contribution in [3.05, 3.63) is 42.0 Å². The predicted molar refractivity (Wildman–Crippen MR) is 133 cm³/mol. The lowest BCUT2D eigenvalue weighted by Gasteiger charge is -2.31. The molecule has 3 atom stereocenters. The molecular formula is C27H37N3O6. The number of benzene rings is 1. The summed E-state index contributed by atoms with van der Waals surface area (Å²) in [6.07, 6.45) is 7.31. The smallest absolute Gasteiger partial charge is 0.248 e. The van der Waals surface area contributed by atoms with Crippen molar-refractivity contribution < 1.29 is 28.8 Å². The van der Waals surface area contributed by atoms with Crippen LogP contribution in [-0.4, -0.2) is 41.5 Å². The molecule has 0 aromatic heterocycles. The number of hydrogen-bond acceptors (Lipinski definition) is 6. The molecule has 2 saturated heterocycles. The van der Waals surface area contributed by atoms with Gasteiger partial charge in [-0.3, -0.25) is 24.6 Å². The summed E-state index contributed by atoms with van der Waals surface area (Å²) in [7, 11) is 0. The number of amides is 4. The maximum Gasteiger partial charge on any atom is 0.248 e. The van der Waals surface area contributed by atoms with E-state index in [9.17, 15) is 19.2 Å². The van der Waals surface area contributed by atoms with Crippen molar-refractivity contribution in [2.75, 3.05) is 6.61 Å². The minimum atomic E-state index is -0.788. The van der Waals surface area contributed by atoms with Crippen LogP contribution in [0, 0.1) is 17.8 Å². The molecule has 0 spiro atoms. The van der Waals surface area contributed by atoms with Crippen molar-refractivity contribution in [1.82, 2.24) is 15.9 Å². The largest absolute Gasteiger partial charge is 0.350 e. The monoisotopic (exact) mass is 499 g/mol. The number of carbonyl (C=O) groups excluding carboxylic acids is 4. The molecule has 1 aromatic rings. The van der Waals surface area contributed by atoms with Crippen molar-refractivity contribution in [3.63, 3.8) is 0 Å². The number of ether oxygens (including phenoxy) is 1. The lowest BCUT2D eigenvalue weighted by Crippen LogP contribution is -2.55. The van der Waals surface area contributed by atoms with Gasteiger partial charge in [-0.2, -0.15) is 5.01 Å². The van der Waals surface area contributed by atoms with Crippen LogP contribution in [0.2, 0.25) is 0 Å². The van der Waals surface area contributed by atoms with Crippen LogP contribution in [0.15, 0.2) is 36.4 Å². The zero-order valence-electron chi connectivity index (χ0n) is 21.1. The third kappa shape index (κ3) is 8.27. The first kappa shape index (κ1) is 27.5. The first-order valence-electron chi connectivity index (χ1n) is 12.8. The second-order valence-electron chi connectivity index (χ2n) is 9.72. The highest BCUT2D eigenvalue weighted by molar-refractivity contribution is 5.99. The van der Waals surface area contributed by atoms with Gasteiger partial charge in [-0.15, -0.1) is 0 Å². The van der Waals surface area contributed by atoms with E-state index in [1.807, 2.05) is 56.3 Å². The summed E-state index contributed by atoms with van der Waals surface area (Å²) in [6, 6.07) is 9.65. The fraction of sp³-hybridized carbons (Fsp3) is 0.556. The molecule has 3 rings (SSSR count). The number of hydrogen-bond donors (Lipinski definition) is 2. The minimum absolute atomic E-state index is 0.0875. The maximum atomic E-state index is 13.4. The molecule has 2 heterocycles. The van der Waals surface area contributed by atoms with Gasteiger partial charge in [-0.25, -0.2) is 10.3 Å². The molecule has 0 aliphatic carbocycles. The van der Waals surface area contributed by atoms with Crippen LogP contribution >= 0.6 is 0 Å². The molecule has 196 valence electrons. The molecular weight excluding hydrogens is 462 g/mol. The highest BCUT2D eigenvalue weighted by atomic mass is 16.8. The summed E-state index contributed by atoms with van der Waals surface area (Å²) in [4.78, 5) is 56.8. The number of hydroxylamine groups is 1. The van der Waals surface area contributed by atoms with E-state index >= 15 is 0 Å². The van der Waals surface area contributed by atoms with Gasteiger partial charge in [0.2, 0.25) is 23.6 Å². The first-order valence-corrected chi connectivity index (χ1v) is 12.8. The Morgan fingerprint density at radius 2 is 1.78 bits per heavy atom. The van der Waals surface area contributed by atoms with Crippen LogP contribution in [0.1, 0.15) is 70.8 Å². The van der Waals surface area contributed by atoms with Gasteiger partial charge in [0, 0.05) is 25.9 Å². The number of imide groups is 1. The van der Waals surface area contributed by atoms with Crippen molar-refractivity contribution >= 4 is 29.7 Å². The van der Waals surface area contributed by atoms with Crippen molar-refractivity contribution in [3.8, 4) is 0 Å². The number of carbonyl (C=O) groups is 4. The normalized spacial score (nSPS) is 20.4. The summed E-state index contributed by atoms with van der Waals surface area (Å²) in [5.41, 5.74) is 5.97. The van der Waals surface area contributed by atoms with E-state index in [0.29, 0.717) is 25.9 Å². The zero-order valence-corrected chi connectivity index (χ0v) is 21.1. The van der Waals surface area contributed by atoms with Crippen LogP contribution in [0.3, 0.4) is 0 Å². The van der Waals surface area contributed by atoms with Crippen molar-refractivity contribution in [2.45, 2.75) is 71.5 Å². The zero-order chi connectivity index (χ0) is 25.9. The van der Waals surface area contributed by atoms with Gasteiger partial charge in [0.15, 0.2) is 6.29 Å². The lowest BCUT2D eigenvalue weighted by atomic mass is 9.82. The first-order chi connectivity index (χ1) is 17.3. The van der Waals surface area contributed by atoms with E-state index in [-0.39, 0.29) is 25.2 Å². The molecule has 0 bridgehead atoms.